The van der Waals surface area contributed by atoms with E-state index in [9.17, 15) is 4.79 Å². The zero-order valence-electron chi connectivity index (χ0n) is 15.6. The fraction of sp³-hybridized carbons (Fsp3) is 0.632. The zero-order chi connectivity index (χ0) is 18.4. The highest BCUT2D eigenvalue weighted by atomic mass is 16.2. The van der Waals surface area contributed by atoms with E-state index >= 15 is 0 Å². The molecule has 1 aliphatic carbocycles. The number of urea groups is 1. The molecule has 0 radical (unpaired) electrons. The number of amides is 2. The maximum absolute atomic E-state index is 12.6. The van der Waals surface area contributed by atoms with Crippen LogP contribution in [-0.4, -0.2) is 58.0 Å². The van der Waals surface area contributed by atoms with Crippen molar-refractivity contribution >= 4 is 11.8 Å². The number of rotatable bonds is 4. The van der Waals surface area contributed by atoms with Crippen molar-refractivity contribution in [3.63, 3.8) is 0 Å². The van der Waals surface area contributed by atoms with E-state index in [1.54, 1.807) is 12.3 Å². The molecule has 7 nitrogen and oxygen atoms in total. The molecule has 7 heteroatoms. The lowest BCUT2D eigenvalue weighted by atomic mass is 10.0. The SMILES string of the molecule is CN(Cc1nccc(N)n1)C1CCCN(C(=O)NC2C=CCCC2)CC1. The molecule has 0 saturated carbocycles. The molecule has 142 valence electrons. The minimum absolute atomic E-state index is 0.0732. The number of hydrogen-bond donors (Lipinski definition) is 2. The van der Waals surface area contributed by atoms with E-state index in [1.807, 2.05) is 4.90 Å². The Hall–Kier alpha value is -2.15. The third-order valence-electron chi connectivity index (χ3n) is 5.29. The quantitative estimate of drug-likeness (QED) is 0.806. The second-order valence-corrected chi connectivity index (χ2v) is 7.30. The Morgan fingerprint density at radius 1 is 1.35 bits per heavy atom. The molecule has 2 unspecified atom stereocenters. The predicted octanol–water partition coefficient (Wildman–Crippen LogP) is 2.16. The molecule has 3 N–H and O–H groups in total. The average molecular weight is 358 g/mol. The molecule has 2 amide bonds. The first-order chi connectivity index (χ1) is 12.6. The van der Waals surface area contributed by atoms with Gasteiger partial charge < -0.3 is 16.0 Å². The van der Waals surface area contributed by atoms with Crippen molar-refractivity contribution in [3.05, 3.63) is 30.2 Å². The number of carbonyl (C=O) groups is 1. The summed E-state index contributed by atoms with van der Waals surface area (Å²) >= 11 is 0. The van der Waals surface area contributed by atoms with E-state index in [1.165, 1.54) is 0 Å². The van der Waals surface area contributed by atoms with Crippen LogP contribution in [0, 0.1) is 0 Å². The van der Waals surface area contributed by atoms with Crippen LogP contribution in [0.15, 0.2) is 24.4 Å². The topological polar surface area (TPSA) is 87.4 Å². The summed E-state index contributed by atoms with van der Waals surface area (Å²) in [6.45, 7) is 2.28. The molecular formula is C19H30N6O. The van der Waals surface area contributed by atoms with Crippen molar-refractivity contribution in [1.82, 2.24) is 25.1 Å². The van der Waals surface area contributed by atoms with Crippen molar-refractivity contribution in [2.45, 2.75) is 57.2 Å². The number of likely N-dealkylation sites (tertiary alicyclic amines) is 1. The molecule has 1 aliphatic heterocycles. The Labute approximate surface area is 155 Å². The first-order valence-electron chi connectivity index (χ1n) is 9.61. The number of hydrogen-bond acceptors (Lipinski definition) is 5. The normalized spacial score (nSPS) is 23.7. The van der Waals surface area contributed by atoms with Crippen molar-refractivity contribution in [3.8, 4) is 0 Å². The zero-order valence-corrected chi connectivity index (χ0v) is 15.6. The van der Waals surface area contributed by atoms with Crippen LogP contribution in [0.25, 0.3) is 0 Å². The van der Waals surface area contributed by atoms with Crippen LogP contribution in [-0.2, 0) is 6.54 Å². The van der Waals surface area contributed by atoms with Gasteiger partial charge in [0.25, 0.3) is 0 Å². The van der Waals surface area contributed by atoms with E-state index in [0.717, 1.165) is 57.4 Å². The number of nitrogens with zero attached hydrogens (tertiary/aromatic N) is 4. The number of anilines is 1. The number of aromatic nitrogens is 2. The lowest BCUT2D eigenvalue weighted by molar-refractivity contribution is 0.188. The van der Waals surface area contributed by atoms with Gasteiger partial charge in [0, 0.05) is 31.4 Å². The van der Waals surface area contributed by atoms with Crippen molar-refractivity contribution < 1.29 is 4.79 Å². The largest absolute Gasteiger partial charge is 0.384 e. The van der Waals surface area contributed by atoms with E-state index < -0.39 is 0 Å². The van der Waals surface area contributed by atoms with E-state index in [4.69, 9.17) is 5.73 Å². The Kier molecular flexibility index (Phi) is 6.44. The summed E-state index contributed by atoms with van der Waals surface area (Å²) in [6.07, 6.45) is 12.4. The Bertz CT molecular complexity index is 634. The molecule has 2 heterocycles. The number of nitrogens with two attached hydrogens (primary N) is 1. The smallest absolute Gasteiger partial charge is 0.317 e. The molecule has 3 rings (SSSR count). The molecule has 26 heavy (non-hydrogen) atoms. The van der Waals surface area contributed by atoms with Gasteiger partial charge in [-0.2, -0.15) is 0 Å². The summed E-state index contributed by atoms with van der Waals surface area (Å²) in [5, 5.41) is 3.16. The maximum atomic E-state index is 12.6. The lowest BCUT2D eigenvalue weighted by Gasteiger charge is -2.27. The van der Waals surface area contributed by atoms with Crippen LogP contribution in [0.4, 0.5) is 10.6 Å². The molecular weight excluding hydrogens is 328 g/mol. The molecule has 2 atom stereocenters. The van der Waals surface area contributed by atoms with Crippen LogP contribution in [0.2, 0.25) is 0 Å². The van der Waals surface area contributed by atoms with Gasteiger partial charge in [-0.1, -0.05) is 12.2 Å². The van der Waals surface area contributed by atoms with Gasteiger partial charge in [-0.05, 0) is 51.6 Å². The fourth-order valence-corrected chi connectivity index (χ4v) is 3.75. The highest BCUT2D eigenvalue weighted by Crippen LogP contribution is 2.18. The van der Waals surface area contributed by atoms with Gasteiger partial charge in [0.2, 0.25) is 0 Å². The van der Waals surface area contributed by atoms with Crippen LogP contribution >= 0.6 is 0 Å². The fourth-order valence-electron chi connectivity index (χ4n) is 3.75. The van der Waals surface area contributed by atoms with Crippen molar-refractivity contribution in [2.24, 2.45) is 0 Å². The molecule has 0 bridgehead atoms. The minimum atomic E-state index is 0.0732. The van der Waals surface area contributed by atoms with Crippen molar-refractivity contribution in [2.75, 3.05) is 25.9 Å². The van der Waals surface area contributed by atoms with Gasteiger partial charge in [0.05, 0.1) is 6.54 Å². The molecule has 1 aromatic heterocycles. The minimum Gasteiger partial charge on any atom is -0.384 e. The number of allylic oxidation sites excluding steroid dienone is 1. The maximum Gasteiger partial charge on any atom is 0.317 e. The van der Waals surface area contributed by atoms with Gasteiger partial charge in [-0.15, -0.1) is 0 Å². The van der Waals surface area contributed by atoms with E-state index in [-0.39, 0.29) is 12.1 Å². The third-order valence-corrected chi connectivity index (χ3v) is 5.29. The Morgan fingerprint density at radius 3 is 3.00 bits per heavy atom. The Balaban J connectivity index is 1.50. The molecule has 1 aromatic rings. The number of carbonyl (C=O) groups excluding carboxylic acids is 1. The predicted molar refractivity (Wildman–Crippen MR) is 102 cm³/mol. The summed E-state index contributed by atoms with van der Waals surface area (Å²) in [5.41, 5.74) is 5.74. The molecule has 0 aromatic carbocycles. The second-order valence-electron chi connectivity index (χ2n) is 7.30. The standard InChI is InChI=1S/C19H30N6O/c1-24(14-18-21-11-9-17(20)23-18)16-8-5-12-25(13-10-16)19(26)22-15-6-3-2-4-7-15/h3,6,9,11,15-16H,2,4-5,7-8,10,12-14H2,1H3,(H,22,26)(H2,20,21,23). The summed E-state index contributed by atoms with van der Waals surface area (Å²) in [6, 6.07) is 2.39. The van der Waals surface area contributed by atoms with E-state index in [2.05, 4.69) is 39.4 Å². The average Bonchev–Trinajstić information content (AvgIpc) is 2.89. The van der Waals surface area contributed by atoms with Crippen molar-refractivity contribution in [1.29, 1.82) is 0 Å². The third kappa shape index (κ3) is 5.17. The highest BCUT2D eigenvalue weighted by Gasteiger charge is 2.24. The highest BCUT2D eigenvalue weighted by molar-refractivity contribution is 5.74. The monoisotopic (exact) mass is 358 g/mol. The number of nitrogen functional groups attached to an aromatic ring is 1. The van der Waals surface area contributed by atoms with Crippen LogP contribution in [0.3, 0.4) is 0 Å². The summed E-state index contributed by atoms with van der Waals surface area (Å²) in [4.78, 5) is 25.4. The van der Waals surface area contributed by atoms with Gasteiger partial charge in [0.15, 0.2) is 0 Å². The molecule has 1 saturated heterocycles. The Morgan fingerprint density at radius 2 is 2.23 bits per heavy atom. The summed E-state index contributed by atoms with van der Waals surface area (Å²) in [7, 11) is 2.10. The summed E-state index contributed by atoms with van der Waals surface area (Å²) in [5.74, 6) is 1.25. The van der Waals surface area contributed by atoms with Gasteiger partial charge in [-0.3, -0.25) is 4.90 Å². The molecule has 2 aliphatic rings. The van der Waals surface area contributed by atoms with Gasteiger partial charge in [-0.25, -0.2) is 14.8 Å². The van der Waals surface area contributed by atoms with Gasteiger partial charge >= 0.3 is 6.03 Å². The van der Waals surface area contributed by atoms with E-state index in [0.29, 0.717) is 18.4 Å². The van der Waals surface area contributed by atoms with Crippen LogP contribution in [0.1, 0.15) is 44.3 Å². The second kappa shape index (κ2) is 8.98. The molecule has 0 spiro atoms. The lowest BCUT2D eigenvalue weighted by Crippen LogP contribution is -2.45. The number of nitrogens with one attached hydrogen (secondary N) is 1. The van der Waals surface area contributed by atoms with Crippen LogP contribution < -0.4 is 11.1 Å². The summed E-state index contributed by atoms with van der Waals surface area (Å²) < 4.78 is 0. The van der Waals surface area contributed by atoms with Crippen LogP contribution in [0.5, 0.6) is 0 Å². The first kappa shape index (κ1) is 18.6. The first-order valence-corrected chi connectivity index (χ1v) is 9.61. The molecule has 1 fully saturated rings. The van der Waals surface area contributed by atoms with Gasteiger partial charge in [0.1, 0.15) is 11.6 Å².